The average Bonchev–Trinajstić information content (AvgIpc) is 2.27. The van der Waals surface area contributed by atoms with E-state index in [1.165, 1.54) is 11.0 Å². The maximum atomic E-state index is 13.6. The lowest BCUT2D eigenvalue weighted by Crippen LogP contribution is -2.32. The summed E-state index contributed by atoms with van der Waals surface area (Å²) in [6.45, 7) is 0. The van der Waals surface area contributed by atoms with E-state index in [4.69, 9.17) is 0 Å². The molecular weight excluding hydrogens is 209 g/mol. The summed E-state index contributed by atoms with van der Waals surface area (Å²) in [5, 5.41) is 0. The molecule has 3 nitrogen and oxygen atoms in total. The third-order valence-electron chi connectivity index (χ3n) is 2.91. The van der Waals surface area contributed by atoms with Crippen LogP contribution in [0.2, 0.25) is 0 Å². The van der Waals surface area contributed by atoms with Crippen LogP contribution in [0.3, 0.4) is 0 Å². The first-order chi connectivity index (χ1) is 7.65. The second-order valence-electron chi connectivity index (χ2n) is 3.86. The highest BCUT2D eigenvalue weighted by Crippen LogP contribution is 2.32. The van der Waals surface area contributed by atoms with Crippen LogP contribution in [0.4, 0.5) is 10.1 Å². The fraction of sp³-hybridized carbons (Fsp3) is 0.333. The smallest absolute Gasteiger partial charge is 0.227 e. The van der Waals surface area contributed by atoms with Gasteiger partial charge in [-0.15, -0.1) is 0 Å². The number of carbonyl (C=O) groups excluding carboxylic acids is 2. The number of nitrogens with zero attached hydrogens (tertiary/aromatic N) is 1. The lowest BCUT2D eigenvalue weighted by Gasteiger charge is -2.28. The summed E-state index contributed by atoms with van der Waals surface area (Å²) in [6.07, 6.45) is 1.72. The zero-order chi connectivity index (χ0) is 11.7. The molecule has 1 aromatic rings. The van der Waals surface area contributed by atoms with Crippen molar-refractivity contribution in [1.82, 2.24) is 0 Å². The van der Waals surface area contributed by atoms with E-state index in [1.807, 2.05) is 0 Å². The Morgan fingerprint density at radius 3 is 2.88 bits per heavy atom. The summed E-state index contributed by atoms with van der Waals surface area (Å²) < 4.78 is 13.6. The molecule has 0 saturated carbocycles. The molecular formula is C12H12FNO2. The van der Waals surface area contributed by atoms with Gasteiger partial charge in [0.2, 0.25) is 5.91 Å². The summed E-state index contributed by atoms with van der Waals surface area (Å²) in [4.78, 5) is 23.5. The van der Waals surface area contributed by atoms with Gasteiger partial charge in [0.15, 0.2) is 0 Å². The van der Waals surface area contributed by atoms with E-state index in [2.05, 4.69) is 0 Å². The molecule has 1 aliphatic heterocycles. The number of amides is 1. The summed E-state index contributed by atoms with van der Waals surface area (Å²) in [7, 11) is 1.62. The van der Waals surface area contributed by atoms with Crippen molar-refractivity contribution in [2.24, 2.45) is 0 Å². The molecule has 2 rings (SSSR count). The lowest BCUT2D eigenvalue weighted by molar-refractivity contribution is -0.118. The van der Waals surface area contributed by atoms with Gasteiger partial charge in [-0.05, 0) is 18.1 Å². The molecule has 4 heteroatoms. The molecule has 0 spiro atoms. The minimum atomic E-state index is -0.424. The van der Waals surface area contributed by atoms with Gasteiger partial charge in [0.1, 0.15) is 12.1 Å². The largest absolute Gasteiger partial charge is 0.315 e. The number of aryl methyl sites for hydroxylation is 1. The first-order valence-corrected chi connectivity index (χ1v) is 5.15. The van der Waals surface area contributed by atoms with Crippen LogP contribution in [0.1, 0.15) is 17.5 Å². The van der Waals surface area contributed by atoms with Gasteiger partial charge in [-0.25, -0.2) is 4.39 Å². The van der Waals surface area contributed by atoms with Crippen LogP contribution < -0.4 is 4.90 Å². The molecule has 16 heavy (non-hydrogen) atoms. The van der Waals surface area contributed by atoms with Crippen LogP contribution in [0.25, 0.3) is 0 Å². The maximum Gasteiger partial charge on any atom is 0.227 e. The van der Waals surface area contributed by atoms with Crippen molar-refractivity contribution < 1.29 is 14.0 Å². The molecule has 0 unspecified atom stereocenters. The van der Waals surface area contributed by atoms with E-state index < -0.39 is 5.82 Å². The number of hydrogen-bond donors (Lipinski definition) is 0. The normalized spacial score (nSPS) is 14.9. The first-order valence-electron chi connectivity index (χ1n) is 5.15. The van der Waals surface area contributed by atoms with Crippen LogP contribution in [-0.4, -0.2) is 19.2 Å². The molecule has 0 aromatic heterocycles. The van der Waals surface area contributed by atoms with E-state index in [0.29, 0.717) is 30.4 Å². The highest BCUT2D eigenvalue weighted by atomic mass is 19.1. The Labute approximate surface area is 92.9 Å². The van der Waals surface area contributed by atoms with Crippen LogP contribution in [0.15, 0.2) is 12.1 Å². The molecule has 0 fully saturated rings. The van der Waals surface area contributed by atoms with E-state index in [-0.39, 0.29) is 12.3 Å². The SMILES string of the molecule is CN1C(=O)CCc2ccc(F)c(CC=O)c21. The Kier molecular flexibility index (Phi) is 2.73. The van der Waals surface area contributed by atoms with Gasteiger partial charge in [-0.3, -0.25) is 4.79 Å². The second kappa shape index (κ2) is 4.04. The third kappa shape index (κ3) is 1.60. The Balaban J connectivity index is 2.60. The number of anilines is 1. The molecule has 0 N–H and O–H groups in total. The quantitative estimate of drug-likeness (QED) is 0.709. The van der Waals surface area contributed by atoms with E-state index in [0.717, 1.165) is 5.56 Å². The summed E-state index contributed by atoms with van der Waals surface area (Å²) in [6, 6.07) is 3.04. The van der Waals surface area contributed by atoms with Crippen LogP contribution in [-0.2, 0) is 22.4 Å². The fourth-order valence-corrected chi connectivity index (χ4v) is 2.09. The Bertz CT molecular complexity index is 457. The van der Waals surface area contributed by atoms with Gasteiger partial charge in [-0.1, -0.05) is 6.07 Å². The number of rotatable bonds is 2. The van der Waals surface area contributed by atoms with Crippen molar-refractivity contribution in [3.05, 3.63) is 29.1 Å². The van der Waals surface area contributed by atoms with Gasteiger partial charge < -0.3 is 9.69 Å². The Morgan fingerprint density at radius 2 is 2.19 bits per heavy atom. The maximum absolute atomic E-state index is 13.6. The van der Waals surface area contributed by atoms with Crippen molar-refractivity contribution in [1.29, 1.82) is 0 Å². The van der Waals surface area contributed by atoms with E-state index in [1.54, 1.807) is 13.1 Å². The van der Waals surface area contributed by atoms with Crippen molar-refractivity contribution >= 4 is 17.9 Å². The van der Waals surface area contributed by atoms with Crippen LogP contribution in [0, 0.1) is 5.82 Å². The van der Waals surface area contributed by atoms with Crippen molar-refractivity contribution in [3.8, 4) is 0 Å². The number of hydrogen-bond acceptors (Lipinski definition) is 2. The van der Waals surface area contributed by atoms with Crippen molar-refractivity contribution in [2.45, 2.75) is 19.3 Å². The average molecular weight is 221 g/mol. The topological polar surface area (TPSA) is 37.4 Å². The predicted octanol–water partition coefficient (Wildman–Crippen LogP) is 1.48. The summed E-state index contributed by atoms with van der Waals surface area (Å²) in [5.41, 5.74) is 1.83. The molecule has 1 aliphatic rings. The van der Waals surface area contributed by atoms with E-state index >= 15 is 0 Å². The molecule has 84 valence electrons. The third-order valence-corrected chi connectivity index (χ3v) is 2.91. The zero-order valence-electron chi connectivity index (χ0n) is 9.00. The number of fused-ring (bicyclic) bond motifs is 1. The molecule has 0 saturated heterocycles. The Hall–Kier alpha value is -1.71. The predicted molar refractivity (Wildman–Crippen MR) is 57.9 cm³/mol. The number of aldehydes is 1. The van der Waals surface area contributed by atoms with Gasteiger partial charge in [0, 0.05) is 25.5 Å². The minimum absolute atomic E-state index is 0.00657. The molecule has 1 aromatic carbocycles. The van der Waals surface area contributed by atoms with Gasteiger partial charge >= 0.3 is 0 Å². The second-order valence-corrected chi connectivity index (χ2v) is 3.86. The zero-order valence-corrected chi connectivity index (χ0v) is 9.00. The molecule has 0 aliphatic carbocycles. The van der Waals surface area contributed by atoms with Crippen molar-refractivity contribution in [2.75, 3.05) is 11.9 Å². The monoisotopic (exact) mass is 221 g/mol. The van der Waals surface area contributed by atoms with Crippen molar-refractivity contribution in [3.63, 3.8) is 0 Å². The minimum Gasteiger partial charge on any atom is -0.315 e. The molecule has 0 atom stereocenters. The fourth-order valence-electron chi connectivity index (χ4n) is 2.09. The summed E-state index contributed by atoms with van der Waals surface area (Å²) >= 11 is 0. The lowest BCUT2D eigenvalue weighted by atomic mass is 9.96. The Morgan fingerprint density at radius 1 is 1.44 bits per heavy atom. The van der Waals surface area contributed by atoms with E-state index in [9.17, 15) is 14.0 Å². The van der Waals surface area contributed by atoms with Crippen LogP contribution >= 0.6 is 0 Å². The van der Waals surface area contributed by atoms with Gasteiger partial charge in [0.05, 0.1) is 5.69 Å². The molecule has 0 radical (unpaired) electrons. The highest BCUT2D eigenvalue weighted by molar-refractivity contribution is 5.97. The molecule has 1 amide bonds. The van der Waals surface area contributed by atoms with Gasteiger partial charge in [-0.2, -0.15) is 0 Å². The standard InChI is InChI=1S/C12H12FNO2/c1-14-11(16)5-3-8-2-4-10(13)9(6-7-15)12(8)14/h2,4,7H,3,5-6H2,1H3. The van der Waals surface area contributed by atoms with Crippen LogP contribution in [0.5, 0.6) is 0 Å². The number of carbonyl (C=O) groups is 2. The highest BCUT2D eigenvalue weighted by Gasteiger charge is 2.25. The number of benzene rings is 1. The number of halogens is 1. The van der Waals surface area contributed by atoms with Gasteiger partial charge in [0.25, 0.3) is 0 Å². The molecule has 0 bridgehead atoms. The molecule has 1 heterocycles. The summed E-state index contributed by atoms with van der Waals surface area (Å²) in [5.74, 6) is -0.461. The first kappa shape index (κ1) is 10.8.